The van der Waals surface area contributed by atoms with Crippen LogP contribution in [0.5, 0.6) is 0 Å². The van der Waals surface area contributed by atoms with Gasteiger partial charge >= 0.3 is 11.9 Å². The lowest BCUT2D eigenvalue weighted by molar-refractivity contribution is -0.302. The van der Waals surface area contributed by atoms with Gasteiger partial charge in [-0.05, 0) is 94.6 Å². The largest absolute Gasteiger partial charge is 0.462 e. The SMILES string of the molecule is CCC1/C=C(\C)C(O)C(C)CC(OC)C2OC(O)(C(=O)C(=O)N3CCCCC3C(=O)OC(C(C)=CC3CCC(O)C(OC)C3)C(C)C(OC(C)=O)CC1=O)C(C)CC2OC. The minimum atomic E-state index is -2.59. The number of fused-ring (bicyclic) bond motifs is 3. The molecular formula is C45H71NO14. The highest BCUT2D eigenvalue weighted by molar-refractivity contribution is 6.39. The summed E-state index contributed by atoms with van der Waals surface area (Å²) >= 11 is 0. The van der Waals surface area contributed by atoms with E-state index in [1.165, 1.54) is 21.1 Å². The fraction of sp³-hybridized carbons (Fsp3) is 0.800. The van der Waals surface area contributed by atoms with Crippen molar-refractivity contribution in [1.29, 1.82) is 0 Å². The number of carbonyl (C=O) groups is 5. The number of ether oxygens (including phenoxy) is 6. The van der Waals surface area contributed by atoms with Crippen molar-refractivity contribution in [3.63, 3.8) is 0 Å². The number of Topliss-reactive ketones (excluding diaryl/α,β-unsaturated/α-hetero) is 2. The molecule has 3 N–H and O–H groups in total. The van der Waals surface area contributed by atoms with Crippen molar-refractivity contribution in [2.45, 2.75) is 173 Å². The van der Waals surface area contributed by atoms with Crippen LogP contribution in [0, 0.1) is 29.6 Å². The van der Waals surface area contributed by atoms with Gasteiger partial charge in [-0.2, -0.15) is 0 Å². The zero-order valence-corrected chi connectivity index (χ0v) is 37.3. The summed E-state index contributed by atoms with van der Waals surface area (Å²) in [6.45, 7) is 11.8. The maximum absolute atomic E-state index is 14.5. The van der Waals surface area contributed by atoms with Crippen molar-refractivity contribution in [1.82, 2.24) is 4.90 Å². The van der Waals surface area contributed by atoms with Crippen LogP contribution in [0.1, 0.15) is 113 Å². The highest BCUT2D eigenvalue weighted by Crippen LogP contribution is 2.39. The van der Waals surface area contributed by atoms with Gasteiger partial charge < -0.3 is 48.6 Å². The summed E-state index contributed by atoms with van der Waals surface area (Å²) in [5.74, 6) is -9.40. The Bertz CT molecular complexity index is 1580. The van der Waals surface area contributed by atoms with Gasteiger partial charge in [0.15, 0.2) is 0 Å². The van der Waals surface area contributed by atoms with E-state index in [1.807, 2.05) is 19.9 Å². The molecule has 4 aliphatic rings. The molecule has 15 nitrogen and oxygen atoms in total. The van der Waals surface area contributed by atoms with E-state index in [2.05, 4.69) is 0 Å². The van der Waals surface area contributed by atoms with E-state index in [1.54, 1.807) is 40.9 Å². The fourth-order valence-electron chi connectivity index (χ4n) is 9.66. The number of esters is 2. The molecule has 15 unspecified atom stereocenters. The zero-order chi connectivity index (χ0) is 44.6. The summed E-state index contributed by atoms with van der Waals surface area (Å²) in [5, 5.41) is 34.1. The molecule has 1 amide bonds. The normalized spacial score (nSPS) is 40.7. The molecule has 340 valence electrons. The molecule has 2 saturated heterocycles. The van der Waals surface area contributed by atoms with Crippen LogP contribution in [0.25, 0.3) is 0 Å². The van der Waals surface area contributed by atoms with Crippen LogP contribution >= 0.6 is 0 Å². The number of rotatable bonds is 7. The van der Waals surface area contributed by atoms with Gasteiger partial charge in [0.1, 0.15) is 30.1 Å². The Balaban J connectivity index is 1.85. The number of allylic oxidation sites excluding steroid dienone is 2. The third kappa shape index (κ3) is 11.5. The van der Waals surface area contributed by atoms with Crippen molar-refractivity contribution in [3.05, 3.63) is 23.3 Å². The number of hydrogen-bond donors (Lipinski definition) is 3. The van der Waals surface area contributed by atoms with Gasteiger partial charge in [0.2, 0.25) is 5.79 Å². The molecule has 3 aliphatic heterocycles. The molecule has 0 aromatic rings. The minimum absolute atomic E-state index is 0.0439. The van der Waals surface area contributed by atoms with Gasteiger partial charge in [0.05, 0.1) is 30.5 Å². The van der Waals surface area contributed by atoms with Gasteiger partial charge in [-0.3, -0.25) is 19.2 Å². The third-order valence-electron chi connectivity index (χ3n) is 13.5. The number of hydrogen-bond acceptors (Lipinski definition) is 14. The van der Waals surface area contributed by atoms with E-state index in [-0.39, 0.29) is 43.9 Å². The molecule has 1 saturated carbocycles. The molecule has 0 spiro atoms. The van der Waals surface area contributed by atoms with E-state index < -0.39 is 108 Å². The quantitative estimate of drug-likeness (QED) is 0.188. The number of aliphatic hydroxyl groups excluding tert-OH is 2. The Kier molecular flexibility index (Phi) is 18.1. The Hall–Kier alpha value is -3.05. The van der Waals surface area contributed by atoms with Crippen LogP contribution in [-0.4, -0.2) is 138 Å². The lowest BCUT2D eigenvalue weighted by Gasteiger charge is -2.47. The van der Waals surface area contributed by atoms with E-state index in [0.29, 0.717) is 49.7 Å². The molecule has 3 heterocycles. The molecule has 4 rings (SSSR count). The summed E-state index contributed by atoms with van der Waals surface area (Å²) in [5.41, 5.74) is 1.15. The number of aliphatic hydroxyl groups is 3. The number of methoxy groups -OCH3 is 3. The molecule has 0 radical (unpaired) electrons. The lowest BCUT2D eigenvalue weighted by atomic mass is 9.81. The molecule has 60 heavy (non-hydrogen) atoms. The van der Waals surface area contributed by atoms with Crippen LogP contribution in [0.4, 0.5) is 0 Å². The summed E-state index contributed by atoms with van der Waals surface area (Å²) in [6, 6.07) is -1.19. The van der Waals surface area contributed by atoms with Crippen molar-refractivity contribution in [2.75, 3.05) is 27.9 Å². The Morgan fingerprint density at radius 3 is 2.18 bits per heavy atom. The smallest absolute Gasteiger partial charge is 0.329 e. The Morgan fingerprint density at radius 2 is 1.57 bits per heavy atom. The summed E-state index contributed by atoms with van der Waals surface area (Å²) in [7, 11) is 4.47. The van der Waals surface area contributed by atoms with Gasteiger partial charge in [0.25, 0.3) is 11.7 Å². The van der Waals surface area contributed by atoms with Gasteiger partial charge in [-0.15, -0.1) is 0 Å². The van der Waals surface area contributed by atoms with Gasteiger partial charge in [-0.1, -0.05) is 39.8 Å². The molecule has 15 heteroatoms. The summed E-state index contributed by atoms with van der Waals surface area (Å²) in [4.78, 5) is 71.0. The maximum atomic E-state index is 14.5. The van der Waals surface area contributed by atoms with Crippen molar-refractivity contribution >= 4 is 29.4 Å². The topological polar surface area (TPSA) is 205 Å². The standard InChI is InChI=1S/C45H71NO14/c1-11-31-19-24(2)39(50)25(3)20-37(56-9)41-38(57-10)21-27(5)45(54,60-41)42(51)43(52)46-17-13-12-14-32(46)44(53)59-40(28(6)35(23-34(31)49)58-29(7)47)26(4)18-30-15-16-33(48)36(22-30)55-8/h18-19,25,27-28,30-33,35-41,48,50,54H,11-17,20-23H2,1-10H3/b24-19+,26-18?. The minimum Gasteiger partial charge on any atom is -0.462 e. The average Bonchev–Trinajstić information content (AvgIpc) is 3.22. The lowest BCUT2D eigenvalue weighted by Crippen LogP contribution is -2.64. The van der Waals surface area contributed by atoms with Crippen LogP contribution < -0.4 is 0 Å². The fourth-order valence-corrected chi connectivity index (χ4v) is 9.66. The number of nitrogens with zero attached hydrogens (tertiary/aromatic N) is 1. The van der Waals surface area contributed by atoms with Crippen LogP contribution in [0.3, 0.4) is 0 Å². The highest BCUT2D eigenvalue weighted by Gasteiger charge is 2.57. The first kappa shape index (κ1) is 49.6. The zero-order valence-electron chi connectivity index (χ0n) is 37.3. The molecule has 15 atom stereocenters. The van der Waals surface area contributed by atoms with Gasteiger partial charge in [0, 0.05) is 59.0 Å². The first-order valence-electron chi connectivity index (χ1n) is 21.8. The maximum Gasteiger partial charge on any atom is 0.329 e. The van der Waals surface area contributed by atoms with Crippen LogP contribution in [0.15, 0.2) is 23.3 Å². The summed E-state index contributed by atoms with van der Waals surface area (Å²) in [6.07, 6.45) is 0.489. The first-order valence-corrected chi connectivity index (χ1v) is 21.8. The Labute approximate surface area is 355 Å². The number of carbonyl (C=O) groups excluding carboxylic acids is 5. The molecule has 0 aromatic carbocycles. The van der Waals surface area contributed by atoms with E-state index in [0.717, 1.165) is 4.90 Å². The summed E-state index contributed by atoms with van der Waals surface area (Å²) < 4.78 is 35.6. The van der Waals surface area contributed by atoms with E-state index >= 15 is 0 Å². The second-order valence-corrected chi connectivity index (χ2v) is 17.7. The second kappa shape index (κ2) is 21.8. The third-order valence-corrected chi connectivity index (χ3v) is 13.5. The second-order valence-electron chi connectivity index (χ2n) is 17.7. The predicted molar refractivity (Wildman–Crippen MR) is 219 cm³/mol. The van der Waals surface area contributed by atoms with Crippen molar-refractivity contribution in [3.8, 4) is 0 Å². The van der Waals surface area contributed by atoms with E-state index in [4.69, 9.17) is 28.4 Å². The number of piperidine rings is 1. The molecule has 2 bridgehead atoms. The van der Waals surface area contributed by atoms with Crippen molar-refractivity contribution in [2.24, 2.45) is 29.6 Å². The molecule has 0 aromatic heterocycles. The van der Waals surface area contributed by atoms with Crippen LogP contribution in [0.2, 0.25) is 0 Å². The first-order chi connectivity index (χ1) is 28.3. The van der Waals surface area contributed by atoms with E-state index in [9.17, 15) is 39.3 Å². The molecule has 1 aliphatic carbocycles. The highest BCUT2D eigenvalue weighted by atomic mass is 16.7. The monoisotopic (exact) mass is 849 g/mol. The number of cyclic esters (lactones) is 1. The average molecular weight is 850 g/mol. The van der Waals surface area contributed by atoms with Crippen LogP contribution in [-0.2, 0) is 52.4 Å². The number of amides is 1. The molecular weight excluding hydrogens is 778 g/mol. The van der Waals surface area contributed by atoms with Gasteiger partial charge in [-0.25, -0.2) is 4.79 Å². The Morgan fingerprint density at radius 1 is 0.917 bits per heavy atom. The van der Waals surface area contributed by atoms with Crippen molar-refractivity contribution < 1.29 is 67.7 Å². The molecule has 3 fully saturated rings. The predicted octanol–water partition coefficient (Wildman–Crippen LogP) is 4.01. The number of ketones is 2.